The van der Waals surface area contributed by atoms with Gasteiger partial charge in [0, 0.05) is 12.5 Å². The summed E-state index contributed by atoms with van der Waals surface area (Å²) in [6.07, 6.45) is 10.8. The molecule has 4 nitrogen and oxygen atoms in total. The van der Waals surface area contributed by atoms with E-state index in [-0.39, 0.29) is 29.9 Å². The summed E-state index contributed by atoms with van der Waals surface area (Å²) < 4.78 is 4.86. The van der Waals surface area contributed by atoms with Crippen molar-refractivity contribution in [3.8, 4) is 0 Å². The average Bonchev–Trinajstić information content (AvgIpc) is 3.06. The number of aliphatic hydroxyl groups is 1. The quantitative estimate of drug-likeness (QED) is 0.605. The van der Waals surface area contributed by atoms with Gasteiger partial charge >= 0.3 is 5.97 Å². The van der Waals surface area contributed by atoms with E-state index in [0.29, 0.717) is 41.5 Å². The maximum absolute atomic E-state index is 11.7. The predicted molar refractivity (Wildman–Crippen MR) is 122 cm³/mol. The van der Waals surface area contributed by atoms with Gasteiger partial charge in [0.2, 0.25) is 0 Å². The van der Waals surface area contributed by atoms with Crippen molar-refractivity contribution in [3.63, 3.8) is 0 Å². The lowest BCUT2D eigenvalue weighted by Gasteiger charge is -2.62. The molecule has 0 aromatic heterocycles. The summed E-state index contributed by atoms with van der Waals surface area (Å²) in [5.74, 6) is 3.66. The Bertz CT molecular complexity index is 630. The Labute approximate surface area is 189 Å². The molecular formula is C25H44ClNO3. The van der Waals surface area contributed by atoms with Crippen molar-refractivity contribution in [1.29, 1.82) is 0 Å². The summed E-state index contributed by atoms with van der Waals surface area (Å²) >= 11 is 0. The van der Waals surface area contributed by atoms with E-state index in [1.807, 2.05) is 0 Å². The number of ether oxygens (including phenoxy) is 1. The third kappa shape index (κ3) is 3.73. The van der Waals surface area contributed by atoms with E-state index in [1.165, 1.54) is 45.6 Å². The van der Waals surface area contributed by atoms with E-state index in [0.717, 1.165) is 31.1 Å². The first kappa shape index (κ1) is 24.3. The lowest BCUT2D eigenvalue weighted by Crippen LogP contribution is -2.59. The van der Waals surface area contributed by atoms with Crippen molar-refractivity contribution in [2.45, 2.75) is 97.1 Å². The molecular weight excluding hydrogens is 398 g/mol. The Morgan fingerprint density at radius 3 is 2.57 bits per heavy atom. The number of aliphatic hydroxyl groups excluding tert-OH is 1. The molecule has 0 radical (unpaired) electrons. The lowest BCUT2D eigenvalue weighted by atomic mass is 9.43. The second-order valence-electron chi connectivity index (χ2n) is 11.6. The zero-order chi connectivity index (χ0) is 21.0. The molecule has 0 aromatic carbocycles. The Hall–Kier alpha value is -0.320. The van der Waals surface area contributed by atoms with Crippen LogP contribution in [0, 0.1) is 46.3 Å². The maximum atomic E-state index is 11.7. The Kier molecular flexibility index (Phi) is 7.22. The fraction of sp³-hybridized carbons (Fsp3) is 0.960. The molecule has 0 aliphatic heterocycles. The minimum atomic E-state index is -0.215. The van der Waals surface area contributed by atoms with Gasteiger partial charge in [-0.15, -0.1) is 12.4 Å². The van der Waals surface area contributed by atoms with E-state index in [1.54, 1.807) is 0 Å². The number of methoxy groups -OCH3 is 1. The van der Waals surface area contributed by atoms with Gasteiger partial charge in [0.05, 0.1) is 13.2 Å². The second kappa shape index (κ2) is 8.90. The highest BCUT2D eigenvalue weighted by Crippen LogP contribution is 2.68. The molecule has 0 bridgehead atoms. The molecule has 0 unspecified atom stereocenters. The first-order valence-corrected chi connectivity index (χ1v) is 12.2. The van der Waals surface area contributed by atoms with Gasteiger partial charge in [0.25, 0.3) is 0 Å². The van der Waals surface area contributed by atoms with Crippen molar-refractivity contribution < 1.29 is 14.6 Å². The Balaban J connectivity index is 0.00000256. The van der Waals surface area contributed by atoms with Gasteiger partial charge in [0.1, 0.15) is 0 Å². The molecule has 0 heterocycles. The first-order valence-electron chi connectivity index (χ1n) is 12.2. The van der Waals surface area contributed by atoms with Crippen LogP contribution in [-0.4, -0.2) is 30.3 Å². The van der Waals surface area contributed by atoms with E-state index < -0.39 is 0 Å². The van der Waals surface area contributed by atoms with Crippen LogP contribution in [-0.2, 0) is 9.53 Å². The molecule has 0 aromatic rings. The highest BCUT2D eigenvalue weighted by molar-refractivity contribution is 5.85. The molecule has 4 rings (SSSR count). The third-order valence-corrected chi connectivity index (χ3v) is 10.6. The van der Waals surface area contributed by atoms with E-state index >= 15 is 0 Å². The van der Waals surface area contributed by atoms with Gasteiger partial charge in [-0.1, -0.05) is 20.8 Å². The molecule has 30 heavy (non-hydrogen) atoms. The third-order valence-electron chi connectivity index (χ3n) is 10.6. The standard InChI is InChI=1S/C25H43NO3.ClH/c1-15(5-10-23(28)29-4)19-8-9-20-18-7-6-16-13-17(26)11-12-24(16,2)21(18)14-22(27)25(19,20)3;/h15-22,27H,5-14,26H2,1-4H3;1H/t15-,16-,17-,18+,19-,20+,21+,22+,24+,25-;/m1./s1. The van der Waals surface area contributed by atoms with Crippen molar-refractivity contribution in [3.05, 3.63) is 0 Å². The number of rotatable bonds is 4. The van der Waals surface area contributed by atoms with Crippen LogP contribution in [0.15, 0.2) is 0 Å². The number of esters is 1. The number of fused-ring (bicyclic) bond motifs is 5. The summed E-state index contributed by atoms with van der Waals surface area (Å²) in [6.45, 7) is 7.21. The maximum Gasteiger partial charge on any atom is 0.305 e. The van der Waals surface area contributed by atoms with Crippen LogP contribution in [0.5, 0.6) is 0 Å². The number of carbonyl (C=O) groups excluding carboxylic acids is 1. The molecule has 4 saturated carbocycles. The molecule has 0 saturated heterocycles. The van der Waals surface area contributed by atoms with Gasteiger partial charge in [-0.2, -0.15) is 0 Å². The Morgan fingerprint density at radius 2 is 1.87 bits per heavy atom. The molecule has 174 valence electrons. The van der Waals surface area contributed by atoms with Gasteiger partial charge < -0.3 is 15.6 Å². The predicted octanol–water partition coefficient (Wildman–Crippen LogP) is 4.95. The number of carbonyl (C=O) groups is 1. The summed E-state index contributed by atoms with van der Waals surface area (Å²) in [7, 11) is 1.47. The minimum Gasteiger partial charge on any atom is -0.469 e. The topological polar surface area (TPSA) is 72.5 Å². The highest BCUT2D eigenvalue weighted by atomic mass is 35.5. The molecule has 0 spiro atoms. The number of nitrogens with two attached hydrogens (primary N) is 1. The van der Waals surface area contributed by atoms with Gasteiger partial charge in [0.15, 0.2) is 0 Å². The van der Waals surface area contributed by atoms with Gasteiger partial charge in [-0.25, -0.2) is 0 Å². The van der Waals surface area contributed by atoms with Crippen LogP contribution in [0.25, 0.3) is 0 Å². The first-order chi connectivity index (χ1) is 13.7. The molecule has 4 aliphatic carbocycles. The zero-order valence-corrected chi connectivity index (χ0v) is 20.3. The minimum absolute atomic E-state index is 0. The molecule has 10 atom stereocenters. The summed E-state index contributed by atoms with van der Waals surface area (Å²) in [4.78, 5) is 11.7. The molecule has 5 heteroatoms. The van der Waals surface area contributed by atoms with Crippen LogP contribution < -0.4 is 5.73 Å². The number of hydrogen-bond acceptors (Lipinski definition) is 4. The second-order valence-corrected chi connectivity index (χ2v) is 11.6. The van der Waals surface area contributed by atoms with Gasteiger partial charge in [-0.05, 0) is 104 Å². The largest absolute Gasteiger partial charge is 0.469 e. The van der Waals surface area contributed by atoms with Crippen molar-refractivity contribution in [1.82, 2.24) is 0 Å². The molecule has 4 fully saturated rings. The van der Waals surface area contributed by atoms with Crippen LogP contribution >= 0.6 is 12.4 Å². The lowest BCUT2D eigenvalue weighted by molar-refractivity contribution is -0.169. The average molecular weight is 442 g/mol. The molecule has 4 aliphatic rings. The SMILES string of the molecule is COC(=O)CC[C@@H](C)[C@H]1CC[C@H]2[C@@H]3CC[C@@H]4C[C@H](N)CC[C@]4(C)[C@H]3C[C@H](O)[C@]12C.Cl. The fourth-order valence-corrected chi connectivity index (χ4v) is 8.86. The summed E-state index contributed by atoms with van der Waals surface area (Å²) in [6, 6.07) is 0.384. The number of hydrogen-bond donors (Lipinski definition) is 2. The smallest absolute Gasteiger partial charge is 0.305 e. The Morgan fingerprint density at radius 1 is 1.13 bits per heavy atom. The van der Waals surface area contributed by atoms with Gasteiger partial charge in [-0.3, -0.25) is 4.79 Å². The van der Waals surface area contributed by atoms with Crippen molar-refractivity contribution in [2.24, 2.45) is 52.1 Å². The van der Waals surface area contributed by atoms with Crippen LogP contribution in [0.3, 0.4) is 0 Å². The van der Waals surface area contributed by atoms with E-state index in [2.05, 4.69) is 20.8 Å². The zero-order valence-electron chi connectivity index (χ0n) is 19.4. The molecule has 3 N–H and O–H groups in total. The highest BCUT2D eigenvalue weighted by Gasteiger charge is 2.63. The number of halogens is 1. The van der Waals surface area contributed by atoms with Crippen LogP contribution in [0.1, 0.15) is 85.0 Å². The van der Waals surface area contributed by atoms with E-state index in [4.69, 9.17) is 10.5 Å². The fourth-order valence-electron chi connectivity index (χ4n) is 8.86. The van der Waals surface area contributed by atoms with Crippen molar-refractivity contribution >= 4 is 18.4 Å². The van der Waals surface area contributed by atoms with Crippen molar-refractivity contribution in [2.75, 3.05) is 7.11 Å². The normalized spacial score (nSPS) is 48.5. The monoisotopic (exact) mass is 441 g/mol. The van der Waals surface area contributed by atoms with Crippen LogP contribution in [0.4, 0.5) is 0 Å². The van der Waals surface area contributed by atoms with E-state index in [9.17, 15) is 9.90 Å². The molecule has 0 amide bonds. The van der Waals surface area contributed by atoms with Crippen LogP contribution in [0.2, 0.25) is 0 Å². The summed E-state index contributed by atoms with van der Waals surface area (Å²) in [5, 5.41) is 11.6. The summed E-state index contributed by atoms with van der Waals surface area (Å²) in [5.41, 5.74) is 6.71.